The molecule has 2 aromatic carbocycles. The number of aryl methyl sites for hydroxylation is 1. The first-order valence-corrected chi connectivity index (χ1v) is 18.5. The normalized spacial score (nSPS) is 11.5. The first kappa shape index (κ1) is 42.8. The maximum absolute atomic E-state index is 14.1. The maximum atomic E-state index is 14.1. The van der Waals surface area contributed by atoms with E-state index in [0.29, 0.717) is 30.9 Å². The van der Waals surface area contributed by atoms with Gasteiger partial charge < -0.3 is 23.7 Å². The lowest BCUT2D eigenvalue weighted by Crippen LogP contribution is -2.24. The zero-order valence-electron chi connectivity index (χ0n) is 30.8. The topological polar surface area (TPSA) is 247 Å². The number of ketones is 1. The molecule has 20 heteroatoms. The van der Waals surface area contributed by atoms with Gasteiger partial charge in [-0.3, -0.25) is 14.4 Å². The lowest BCUT2D eigenvalue weighted by atomic mass is 9.95. The van der Waals surface area contributed by atoms with Gasteiger partial charge in [-0.2, -0.15) is 5.21 Å². The van der Waals surface area contributed by atoms with E-state index >= 15 is 0 Å². The Kier molecular flexibility index (Phi) is 17.1. The van der Waals surface area contributed by atoms with Gasteiger partial charge in [0.15, 0.2) is 10.9 Å². The van der Waals surface area contributed by atoms with Gasteiger partial charge >= 0.3 is 11.9 Å². The number of rotatable bonds is 26. The highest BCUT2D eigenvalue weighted by molar-refractivity contribution is 6.32. The molecular weight excluding hydrogens is 756 g/mol. The average Bonchev–Trinajstić information content (AvgIpc) is 3.83. The van der Waals surface area contributed by atoms with Gasteiger partial charge in [0.25, 0.3) is 10.2 Å². The number of esters is 2. The number of Topliss-reactive ketones (excluding diaryl/α,β-unsaturated/α-hetero) is 1. The largest absolute Gasteiger partial charge is 0.466 e. The zero-order valence-corrected chi connectivity index (χ0v) is 31.6. The highest BCUT2D eigenvalue weighted by Gasteiger charge is 2.29. The number of aromatic nitrogens is 6. The maximum Gasteiger partial charge on any atom is 0.309 e. The van der Waals surface area contributed by atoms with Crippen LogP contribution in [0, 0.1) is 26.1 Å². The van der Waals surface area contributed by atoms with Crippen LogP contribution < -0.4 is 0 Å². The molecule has 19 nitrogen and oxygen atoms in total. The molecule has 0 aliphatic carbocycles. The molecule has 0 aliphatic rings. The summed E-state index contributed by atoms with van der Waals surface area (Å²) in [5.74, 6) is -1.83. The average molecular weight is 799 g/mol. The van der Waals surface area contributed by atoms with Crippen LogP contribution in [0.3, 0.4) is 0 Å². The molecule has 1 atom stereocenters. The summed E-state index contributed by atoms with van der Waals surface area (Å²) in [5, 5.41) is 33.3. The van der Waals surface area contributed by atoms with Crippen LogP contribution in [0.15, 0.2) is 48.5 Å². The summed E-state index contributed by atoms with van der Waals surface area (Å²) in [6, 6.07) is 15.4. The number of carbonyl (C=O) groups excluding carboxylic acids is 3. The van der Waals surface area contributed by atoms with Crippen molar-refractivity contribution in [2.75, 3.05) is 26.4 Å². The number of H-pyrrole nitrogens is 1. The second-order valence-corrected chi connectivity index (χ2v) is 13.0. The first-order valence-electron chi connectivity index (χ1n) is 18.1. The van der Waals surface area contributed by atoms with E-state index in [2.05, 4.69) is 35.3 Å². The molecule has 0 unspecified atom stereocenters. The fourth-order valence-electron chi connectivity index (χ4n) is 5.76. The van der Waals surface area contributed by atoms with Crippen LogP contribution in [0.5, 0.6) is 0 Å². The van der Waals surface area contributed by atoms with Crippen molar-refractivity contribution in [3.05, 3.63) is 91.0 Å². The van der Waals surface area contributed by atoms with Crippen LogP contribution in [-0.4, -0.2) is 84.5 Å². The number of imidazole rings is 1. The number of benzene rings is 2. The summed E-state index contributed by atoms with van der Waals surface area (Å²) in [4.78, 5) is 73.7. The van der Waals surface area contributed by atoms with Crippen LogP contribution in [0.2, 0.25) is 5.15 Å². The number of ether oxygens (including phenoxy) is 2. The standard InChI is InChI=1S/C36H43ClN8O11/c1-2-3-12-31-38-34(37)33(43(31)24-25-13-15-26(16-14-25)28-10-4-5-11-29(28)35-39-41-42-40-35)30(46)23-27(36(48)54-20-7-9-22-56-45(51)52)17-18-32(47)53-19-6-8-21-55-44(49)50/h4-5,10-11,13-16,27H,2-3,6-9,12,17-24H2,1H3,(H,39,40,41,42)/t27-/m1/s1. The Labute approximate surface area is 326 Å². The van der Waals surface area contributed by atoms with Crippen LogP contribution in [0.1, 0.15) is 86.6 Å². The van der Waals surface area contributed by atoms with Gasteiger partial charge in [0, 0.05) is 31.4 Å². The number of unbranched alkanes of at least 4 members (excludes halogenated alkanes) is 3. The summed E-state index contributed by atoms with van der Waals surface area (Å²) in [7, 11) is 0. The molecule has 2 aromatic heterocycles. The van der Waals surface area contributed by atoms with Crippen molar-refractivity contribution in [2.45, 2.75) is 77.7 Å². The minimum atomic E-state index is -1.06. The quantitative estimate of drug-likeness (QED) is 0.0259. The minimum absolute atomic E-state index is 0.00913. The van der Waals surface area contributed by atoms with Crippen LogP contribution in [0.4, 0.5) is 0 Å². The number of carbonyl (C=O) groups is 3. The first-order chi connectivity index (χ1) is 27.1. The highest BCUT2D eigenvalue weighted by atomic mass is 35.5. The van der Waals surface area contributed by atoms with E-state index in [1.54, 1.807) is 4.57 Å². The number of hydrogen-bond acceptors (Lipinski definition) is 15. The number of tetrazole rings is 1. The molecule has 56 heavy (non-hydrogen) atoms. The third-order valence-corrected chi connectivity index (χ3v) is 8.84. The SMILES string of the molecule is CCCCc1nc(Cl)c(C(=O)C[C@@H](CCC(=O)OCCCCO[N+](=O)[O-])C(=O)OCCCCO[N+](=O)[O-])n1Cc1ccc(-c2ccccc2-c2nn[nH]n2)cc1. The molecule has 0 radical (unpaired) electrons. The highest BCUT2D eigenvalue weighted by Crippen LogP contribution is 2.31. The molecule has 0 saturated heterocycles. The van der Waals surface area contributed by atoms with Crippen LogP contribution in [0.25, 0.3) is 22.5 Å². The Bertz CT molecular complexity index is 1900. The molecule has 4 aromatic rings. The molecule has 0 amide bonds. The smallest absolute Gasteiger partial charge is 0.309 e. The minimum Gasteiger partial charge on any atom is -0.466 e. The van der Waals surface area contributed by atoms with Crippen molar-refractivity contribution < 1.29 is 43.7 Å². The molecule has 0 saturated carbocycles. The third kappa shape index (κ3) is 13.4. The van der Waals surface area contributed by atoms with Gasteiger partial charge in [-0.15, -0.1) is 30.4 Å². The number of halogens is 1. The van der Waals surface area contributed by atoms with Gasteiger partial charge in [-0.25, -0.2) is 4.98 Å². The molecule has 0 aliphatic heterocycles. The van der Waals surface area contributed by atoms with Crippen molar-refractivity contribution in [1.82, 2.24) is 30.2 Å². The summed E-state index contributed by atoms with van der Waals surface area (Å²) in [5.41, 5.74) is 3.60. The summed E-state index contributed by atoms with van der Waals surface area (Å²) >= 11 is 6.65. The molecule has 0 spiro atoms. The van der Waals surface area contributed by atoms with Crippen LogP contribution >= 0.6 is 11.6 Å². The zero-order chi connectivity index (χ0) is 40.3. The van der Waals surface area contributed by atoms with E-state index in [4.69, 9.17) is 21.1 Å². The predicted molar refractivity (Wildman–Crippen MR) is 198 cm³/mol. The van der Waals surface area contributed by atoms with Crippen molar-refractivity contribution >= 4 is 29.3 Å². The van der Waals surface area contributed by atoms with E-state index in [-0.39, 0.29) is 75.9 Å². The van der Waals surface area contributed by atoms with Crippen molar-refractivity contribution in [3.8, 4) is 22.5 Å². The third-order valence-electron chi connectivity index (χ3n) is 8.58. The number of hydrogen-bond donors (Lipinski definition) is 1. The van der Waals surface area contributed by atoms with E-state index in [1.165, 1.54) is 0 Å². The van der Waals surface area contributed by atoms with Gasteiger partial charge in [-0.05, 0) is 60.4 Å². The number of aromatic amines is 1. The fourth-order valence-corrected chi connectivity index (χ4v) is 6.06. The monoisotopic (exact) mass is 798 g/mol. The molecule has 0 bridgehead atoms. The number of nitrogens with one attached hydrogen (secondary N) is 1. The Balaban J connectivity index is 1.50. The molecule has 1 N–H and O–H groups in total. The van der Waals surface area contributed by atoms with E-state index in [9.17, 15) is 34.6 Å². The molecular formula is C36H43ClN8O11. The Morgan fingerprint density at radius 3 is 2.14 bits per heavy atom. The fraction of sp³-hybridized carbons (Fsp3) is 0.472. The molecule has 300 valence electrons. The Morgan fingerprint density at radius 1 is 0.875 bits per heavy atom. The second-order valence-electron chi connectivity index (χ2n) is 12.6. The van der Waals surface area contributed by atoms with Crippen molar-refractivity contribution in [2.24, 2.45) is 5.92 Å². The van der Waals surface area contributed by atoms with Gasteiger partial charge in [0.2, 0.25) is 5.82 Å². The van der Waals surface area contributed by atoms with Gasteiger partial charge in [0.05, 0.1) is 32.3 Å². The second kappa shape index (κ2) is 22.4. The van der Waals surface area contributed by atoms with E-state index in [0.717, 1.165) is 35.1 Å². The van der Waals surface area contributed by atoms with E-state index < -0.39 is 33.8 Å². The summed E-state index contributed by atoms with van der Waals surface area (Å²) in [6.07, 6.45) is 2.69. The Hall–Kier alpha value is -5.98. The lowest BCUT2D eigenvalue weighted by molar-refractivity contribution is -0.757. The van der Waals surface area contributed by atoms with Crippen molar-refractivity contribution in [3.63, 3.8) is 0 Å². The van der Waals surface area contributed by atoms with E-state index in [1.807, 2.05) is 55.5 Å². The Morgan fingerprint density at radius 2 is 1.52 bits per heavy atom. The molecule has 0 fully saturated rings. The van der Waals surface area contributed by atoms with Gasteiger partial charge in [-0.1, -0.05) is 73.5 Å². The summed E-state index contributed by atoms with van der Waals surface area (Å²) in [6.45, 7) is 1.88. The summed E-state index contributed by atoms with van der Waals surface area (Å²) < 4.78 is 12.4. The number of nitrogens with zero attached hydrogens (tertiary/aromatic N) is 7. The van der Waals surface area contributed by atoms with Gasteiger partial charge in [0.1, 0.15) is 11.5 Å². The van der Waals surface area contributed by atoms with Crippen LogP contribution in [-0.2, 0) is 41.7 Å². The lowest BCUT2D eigenvalue weighted by Gasteiger charge is -2.17. The van der Waals surface area contributed by atoms with Crippen molar-refractivity contribution in [1.29, 1.82) is 0 Å². The molecule has 4 rings (SSSR count). The molecule has 2 heterocycles. The predicted octanol–water partition coefficient (Wildman–Crippen LogP) is 5.81.